The van der Waals surface area contributed by atoms with Gasteiger partial charge in [-0.3, -0.25) is 0 Å². The number of benzene rings is 2. The molecule has 0 fully saturated rings. The SMILES string of the molecule is NCC(c1ccccc1)C(O)c1cc(Cl)ccc1Cl. The fraction of sp³-hybridized carbons (Fsp3) is 0.200. The molecule has 0 bridgehead atoms. The molecule has 0 heterocycles. The van der Waals surface area contributed by atoms with Crippen LogP contribution >= 0.6 is 23.2 Å². The fourth-order valence-electron chi connectivity index (χ4n) is 2.11. The van der Waals surface area contributed by atoms with E-state index in [9.17, 15) is 5.11 Å². The number of rotatable bonds is 4. The van der Waals surface area contributed by atoms with Crippen LogP contribution in [0.3, 0.4) is 0 Å². The molecule has 0 aliphatic carbocycles. The summed E-state index contributed by atoms with van der Waals surface area (Å²) in [5, 5.41) is 11.6. The van der Waals surface area contributed by atoms with Crippen LogP contribution in [0.4, 0.5) is 0 Å². The average Bonchev–Trinajstić information content (AvgIpc) is 2.43. The van der Waals surface area contributed by atoms with Crippen molar-refractivity contribution in [3.8, 4) is 0 Å². The molecular weight excluding hydrogens is 281 g/mol. The summed E-state index contributed by atoms with van der Waals surface area (Å²) in [4.78, 5) is 0. The first-order valence-corrected chi connectivity index (χ1v) is 6.77. The van der Waals surface area contributed by atoms with Gasteiger partial charge in [-0.2, -0.15) is 0 Å². The summed E-state index contributed by atoms with van der Waals surface area (Å²) in [6.45, 7) is 0.327. The highest BCUT2D eigenvalue weighted by molar-refractivity contribution is 6.33. The van der Waals surface area contributed by atoms with E-state index in [1.165, 1.54) is 0 Å². The van der Waals surface area contributed by atoms with Gasteiger partial charge in [0.1, 0.15) is 0 Å². The van der Waals surface area contributed by atoms with Gasteiger partial charge in [0.25, 0.3) is 0 Å². The summed E-state index contributed by atoms with van der Waals surface area (Å²) in [6, 6.07) is 14.7. The molecule has 2 aromatic rings. The second-order valence-corrected chi connectivity index (χ2v) is 5.21. The first-order valence-electron chi connectivity index (χ1n) is 6.01. The molecule has 2 aromatic carbocycles. The number of aliphatic hydroxyl groups is 1. The summed E-state index contributed by atoms with van der Waals surface area (Å²) in [5.41, 5.74) is 7.38. The molecule has 0 aromatic heterocycles. The fourth-order valence-corrected chi connectivity index (χ4v) is 2.52. The van der Waals surface area contributed by atoms with Gasteiger partial charge in [0, 0.05) is 28.1 Å². The van der Waals surface area contributed by atoms with Gasteiger partial charge >= 0.3 is 0 Å². The van der Waals surface area contributed by atoms with Gasteiger partial charge in [-0.25, -0.2) is 0 Å². The molecule has 19 heavy (non-hydrogen) atoms. The molecular formula is C15H15Cl2NO. The van der Waals surface area contributed by atoms with Gasteiger partial charge < -0.3 is 10.8 Å². The Morgan fingerprint density at radius 1 is 1.05 bits per heavy atom. The van der Waals surface area contributed by atoms with Crippen molar-refractivity contribution in [1.29, 1.82) is 0 Å². The van der Waals surface area contributed by atoms with Gasteiger partial charge in [-0.05, 0) is 23.8 Å². The molecule has 2 rings (SSSR count). The van der Waals surface area contributed by atoms with Crippen LogP contribution in [0.15, 0.2) is 48.5 Å². The Kier molecular flexibility index (Phi) is 4.83. The number of aliphatic hydroxyl groups excluding tert-OH is 1. The Balaban J connectivity index is 2.36. The van der Waals surface area contributed by atoms with Crippen LogP contribution in [0, 0.1) is 0 Å². The van der Waals surface area contributed by atoms with E-state index in [0.717, 1.165) is 5.56 Å². The van der Waals surface area contributed by atoms with E-state index in [-0.39, 0.29) is 5.92 Å². The minimum Gasteiger partial charge on any atom is -0.388 e. The number of hydrogen-bond donors (Lipinski definition) is 2. The lowest BCUT2D eigenvalue weighted by atomic mass is 9.89. The lowest BCUT2D eigenvalue weighted by Gasteiger charge is -2.23. The van der Waals surface area contributed by atoms with Crippen molar-refractivity contribution in [3.63, 3.8) is 0 Å². The Morgan fingerprint density at radius 2 is 1.74 bits per heavy atom. The predicted molar refractivity (Wildman–Crippen MR) is 79.7 cm³/mol. The first kappa shape index (κ1) is 14.4. The Morgan fingerprint density at radius 3 is 2.37 bits per heavy atom. The van der Waals surface area contributed by atoms with Crippen LogP contribution in [0.5, 0.6) is 0 Å². The van der Waals surface area contributed by atoms with Gasteiger partial charge in [0.15, 0.2) is 0 Å². The molecule has 0 amide bonds. The molecule has 0 spiro atoms. The first-order chi connectivity index (χ1) is 9.13. The van der Waals surface area contributed by atoms with E-state index in [1.807, 2.05) is 30.3 Å². The summed E-state index contributed by atoms with van der Waals surface area (Å²) >= 11 is 12.1. The van der Waals surface area contributed by atoms with Crippen molar-refractivity contribution in [2.24, 2.45) is 5.73 Å². The van der Waals surface area contributed by atoms with Crippen molar-refractivity contribution in [2.45, 2.75) is 12.0 Å². The average molecular weight is 296 g/mol. The van der Waals surface area contributed by atoms with Crippen molar-refractivity contribution >= 4 is 23.2 Å². The highest BCUT2D eigenvalue weighted by Crippen LogP contribution is 2.35. The third-order valence-corrected chi connectivity index (χ3v) is 3.72. The van der Waals surface area contributed by atoms with Crippen LogP contribution in [0.2, 0.25) is 10.0 Å². The molecule has 2 atom stereocenters. The maximum absolute atomic E-state index is 10.5. The zero-order chi connectivity index (χ0) is 13.8. The molecule has 0 saturated heterocycles. The van der Waals surface area contributed by atoms with Crippen LogP contribution in [-0.2, 0) is 0 Å². The van der Waals surface area contributed by atoms with Crippen molar-refractivity contribution in [1.82, 2.24) is 0 Å². The topological polar surface area (TPSA) is 46.2 Å². The Bertz CT molecular complexity index is 545. The number of hydrogen-bond acceptors (Lipinski definition) is 2. The standard InChI is InChI=1S/C15H15Cl2NO/c16-11-6-7-14(17)12(8-11)15(19)13(9-18)10-4-2-1-3-5-10/h1-8,13,15,19H,9,18H2. The molecule has 3 N–H and O–H groups in total. The molecule has 0 aliphatic heterocycles. The summed E-state index contributed by atoms with van der Waals surface area (Å²) < 4.78 is 0. The van der Waals surface area contributed by atoms with E-state index in [2.05, 4.69) is 0 Å². The number of nitrogens with two attached hydrogens (primary N) is 1. The molecule has 0 saturated carbocycles. The molecule has 4 heteroatoms. The van der Waals surface area contributed by atoms with Crippen LogP contribution in [0.25, 0.3) is 0 Å². The lowest BCUT2D eigenvalue weighted by molar-refractivity contribution is 0.147. The van der Waals surface area contributed by atoms with Crippen molar-refractivity contribution in [2.75, 3.05) is 6.54 Å². The third kappa shape index (κ3) is 3.28. The minimum atomic E-state index is -0.779. The van der Waals surface area contributed by atoms with E-state index >= 15 is 0 Å². The zero-order valence-electron chi connectivity index (χ0n) is 10.3. The van der Waals surface area contributed by atoms with Gasteiger partial charge in [-0.1, -0.05) is 53.5 Å². The highest BCUT2D eigenvalue weighted by atomic mass is 35.5. The van der Waals surface area contributed by atoms with Crippen molar-refractivity contribution in [3.05, 3.63) is 69.7 Å². The summed E-state index contributed by atoms with van der Waals surface area (Å²) in [5.74, 6) is -0.211. The second kappa shape index (κ2) is 6.40. The van der Waals surface area contributed by atoms with Crippen LogP contribution < -0.4 is 5.73 Å². The largest absolute Gasteiger partial charge is 0.388 e. The van der Waals surface area contributed by atoms with Crippen molar-refractivity contribution < 1.29 is 5.11 Å². The molecule has 2 unspecified atom stereocenters. The zero-order valence-corrected chi connectivity index (χ0v) is 11.8. The quantitative estimate of drug-likeness (QED) is 0.902. The van der Waals surface area contributed by atoms with Crippen LogP contribution in [0.1, 0.15) is 23.1 Å². The monoisotopic (exact) mass is 295 g/mol. The normalized spacial score (nSPS) is 14.1. The van der Waals surface area contributed by atoms with E-state index in [4.69, 9.17) is 28.9 Å². The predicted octanol–water partition coefficient (Wildman–Crippen LogP) is 3.77. The molecule has 2 nitrogen and oxygen atoms in total. The van der Waals surface area contributed by atoms with Gasteiger partial charge in [0.2, 0.25) is 0 Å². The lowest BCUT2D eigenvalue weighted by Crippen LogP contribution is -2.20. The maximum atomic E-state index is 10.5. The number of halogens is 2. The molecule has 100 valence electrons. The van der Waals surface area contributed by atoms with E-state index in [1.54, 1.807) is 18.2 Å². The highest BCUT2D eigenvalue weighted by Gasteiger charge is 2.23. The van der Waals surface area contributed by atoms with Gasteiger partial charge in [-0.15, -0.1) is 0 Å². The molecule has 0 aliphatic rings. The summed E-state index contributed by atoms with van der Waals surface area (Å²) in [6.07, 6.45) is -0.779. The smallest absolute Gasteiger partial charge is 0.0885 e. The second-order valence-electron chi connectivity index (χ2n) is 4.36. The maximum Gasteiger partial charge on any atom is 0.0885 e. The van der Waals surface area contributed by atoms with E-state index in [0.29, 0.717) is 22.2 Å². The Labute approximate surface area is 122 Å². The minimum absolute atomic E-state index is 0.211. The van der Waals surface area contributed by atoms with Crippen LogP contribution in [-0.4, -0.2) is 11.7 Å². The third-order valence-electron chi connectivity index (χ3n) is 3.14. The molecule has 0 radical (unpaired) electrons. The Hall–Kier alpha value is -1.06. The summed E-state index contributed by atoms with van der Waals surface area (Å²) in [7, 11) is 0. The van der Waals surface area contributed by atoms with E-state index < -0.39 is 6.10 Å². The van der Waals surface area contributed by atoms with Gasteiger partial charge in [0.05, 0.1) is 6.10 Å².